The maximum atomic E-state index is 10.9. The molecule has 0 spiro atoms. The van der Waals surface area contributed by atoms with Gasteiger partial charge in [-0.2, -0.15) is 0 Å². The molecule has 1 aromatic carbocycles. The molecular weight excluding hydrogens is 162 g/mol. The largest absolute Gasteiger partial charge is 0.398 e. The Balaban J connectivity index is 3.20. The number of carbonyl (C=O) groups is 1. The Bertz CT molecular complexity index is 296. The van der Waals surface area contributed by atoms with Gasteiger partial charge in [-0.25, -0.2) is 0 Å². The van der Waals surface area contributed by atoms with Crippen LogP contribution in [0.15, 0.2) is 18.2 Å². The van der Waals surface area contributed by atoms with Crippen LogP contribution >= 0.6 is 11.6 Å². The monoisotopic (exact) mass is 169 g/mol. The molecule has 0 unspecified atom stereocenters. The van der Waals surface area contributed by atoms with E-state index >= 15 is 0 Å². The summed E-state index contributed by atoms with van der Waals surface area (Å²) in [5, 5.41) is 0.549. The number of hydrogen-bond acceptors (Lipinski definition) is 2. The predicted molar refractivity (Wildman–Crippen MR) is 45.9 cm³/mol. The maximum absolute atomic E-state index is 10.9. The highest BCUT2D eigenvalue weighted by Crippen LogP contribution is 2.17. The molecule has 0 atom stereocenters. The number of benzene rings is 1. The lowest BCUT2D eigenvalue weighted by molar-refractivity contribution is 0.101. The second-order valence-corrected chi connectivity index (χ2v) is 2.72. The zero-order valence-electron chi connectivity index (χ0n) is 6.10. The van der Waals surface area contributed by atoms with Crippen LogP contribution in [-0.2, 0) is 0 Å². The normalized spacial score (nSPS) is 9.64. The van der Waals surface area contributed by atoms with Gasteiger partial charge in [0.1, 0.15) is 0 Å². The fraction of sp³-hybridized carbons (Fsp3) is 0.125. The molecule has 0 saturated carbocycles. The minimum atomic E-state index is -0.0424. The second kappa shape index (κ2) is 2.93. The van der Waals surface area contributed by atoms with Crippen molar-refractivity contribution in [2.75, 3.05) is 5.73 Å². The molecular formula is C8H8ClNO. The number of rotatable bonds is 1. The molecule has 3 heteroatoms. The van der Waals surface area contributed by atoms with Crippen molar-refractivity contribution >= 4 is 23.1 Å². The molecule has 1 aromatic rings. The molecule has 2 nitrogen and oxygen atoms in total. The van der Waals surface area contributed by atoms with E-state index in [0.29, 0.717) is 16.3 Å². The number of ketones is 1. The molecule has 0 fully saturated rings. The van der Waals surface area contributed by atoms with Crippen molar-refractivity contribution < 1.29 is 4.79 Å². The van der Waals surface area contributed by atoms with E-state index in [1.807, 2.05) is 0 Å². The van der Waals surface area contributed by atoms with Crippen LogP contribution in [0.4, 0.5) is 5.69 Å². The quantitative estimate of drug-likeness (QED) is 0.517. The molecule has 0 saturated heterocycles. The first kappa shape index (κ1) is 8.08. The fourth-order valence-electron chi connectivity index (χ4n) is 0.854. The van der Waals surface area contributed by atoms with E-state index in [9.17, 15) is 4.79 Å². The van der Waals surface area contributed by atoms with Crippen molar-refractivity contribution in [2.24, 2.45) is 0 Å². The topological polar surface area (TPSA) is 43.1 Å². The van der Waals surface area contributed by atoms with Gasteiger partial charge in [0.15, 0.2) is 5.78 Å². The molecule has 0 aliphatic heterocycles. The van der Waals surface area contributed by atoms with Gasteiger partial charge in [0.25, 0.3) is 0 Å². The van der Waals surface area contributed by atoms with Crippen LogP contribution in [0, 0.1) is 0 Å². The van der Waals surface area contributed by atoms with Crippen molar-refractivity contribution in [3.05, 3.63) is 28.8 Å². The maximum Gasteiger partial charge on any atom is 0.161 e. The first-order valence-corrected chi connectivity index (χ1v) is 3.55. The lowest BCUT2D eigenvalue weighted by Gasteiger charge is -2.00. The Morgan fingerprint density at radius 3 is 2.64 bits per heavy atom. The van der Waals surface area contributed by atoms with E-state index in [-0.39, 0.29) is 5.78 Å². The minimum absolute atomic E-state index is 0.0424. The Labute approximate surface area is 70.0 Å². The van der Waals surface area contributed by atoms with E-state index in [4.69, 9.17) is 17.3 Å². The molecule has 0 aliphatic rings. The van der Waals surface area contributed by atoms with Crippen LogP contribution in [0.5, 0.6) is 0 Å². The standard InChI is InChI=1S/C8H8ClNO/c1-5(11)7-3-2-6(9)4-8(7)10/h2-4H,10H2,1H3. The Hall–Kier alpha value is -1.02. The summed E-state index contributed by atoms with van der Waals surface area (Å²) in [6.45, 7) is 1.47. The summed E-state index contributed by atoms with van der Waals surface area (Å²) in [4.78, 5) is 10.9. The summed E-state index contributed by atoms with van der Waals surface area (Å²) < 4.78 is 0. The zero-order valence-corrected chi connectivity index (χ0v) is 6.85. The van der Waals surface area contributed by atoms with Gasteiger partial charge in [0, 0.05) is 16.3 Å². The van der Waals surface area contributed by atoms with Crippen molar-refractivity contribution in [1.82, 2.24) is 0 Å². The number of hydrogen-bond donors (Lipinski definition) is 1. The van der Waals surface area contributed by atoms with Crippen LogP contribution in [0.1, 0.15) is 17.3 Å². The molecule has 2 N–H and O–H groups in total. The van der Waals surface area contributed by atoms with Gasteiger partial charge in [0.05, 0.1) is 0 Å². The predicted octanol–water partition coefficient (Wildman–Crippen LogP) is 2.12. The Morgan fingerprint density at radius 2 is 2.18 bits per heavy atom. The third-order valence-electron chi connectivity index (χ3n) is 1.39. The first-order valence-electron chi connectivity index (χ1n) is 3.17. The summed E-state index contributed by atoms with van der Waals surface area (Å²) in [5.41, 5.74) is 6.47. The van der Waals surface area contributed by atoms with Crippen LogP contribution in [-0.4, -0.2) is 5.78 Å². The van der Waals surface area contributed by atoms with Crippen molar-refractivity contribution in [3.63, 3.8) is 0 Å². The summed E-state index contributed by atoms with van der Waals surface area (Å²) in [5.74, 6) is -0.0424. The van der Waals surface area contributed by atoms with Crippen molar-refractivity contribution in [1.29, 1.82) is 0 Å². The smallest absolute Gasteiger partial charge is 0.161 e. The highest BCUT2D eigenvalue weighted by atomic mass is 35.5. The molecule has 0 radical (unpaired) electrons. The van der Waals surface area contributed by atoms with E-state index in [0.717, 1.165) is 0 Å². The summed E-state index contributed by atoms with van der Waals surface area (Å²) in [6.07, 6.45) is 0. The molecule has 0 amide bonds. The average molecular weight is 170 g/mol. The molecule has 1 rings (SSSR count). The molecule has 11 heavy (non-hydrogen) atoms. The first-order chi connectivity index (χ1) is 5.11. The third-order valence-corrected chi connectivity index (χ3v) is 1.63. The van der Waals surface area contributed by atoms with Crippen LogP contribution in [0.25, 0.3) is 0 Å². The lowest BCUT2D eigenvalue weighted by atomic mass is 10.1. The van der Waals surface area contributed by atoms with Gasteiger partial charge in [0.2, 0.25) is 0 Å². The summed E-state index contributed by atoms with van der Waals surface area (Å²) in [6, 6.07) is 4.84. The molecule has 0 heterocycles. The molecule has 0 aromatic heterocycles. The minimum Gasteiger partial charge on any atom is -0.398 e. The van der Waals surface area contributed by atoms with E-state index < -0.39 is 0 Å². The van der Waals surface area contributed by atoms with Gasteiger partial charge >= 0.3 is 0 Å². The lowest BCUT2D eigenvalue weighted by Crippen LogP contribution is -1.98. The number of nitrogen functional groups attached to an aromatic ring is 1. The summed E-state index contributed by atoms with van der Waals surface area (Å²) in [7, 11) is 0. The average Bonchev–Trinajstić information content (AvgIpc) is 1.85. The van der Waals surface area contributed by atoms with Gasteiger partial charge in [-0.15, -0.1) is 0 Å². The van der Waals surface area contributed by atoms with Gasteiger partial charge in [-0.1, -0.05) is 11.6 Å². The van der Waals surface area contributed by atoms with E-state index in [1.165, 1.54) is 6.92 Å². The molecule has 0 aliphatic carbocycles. The highest BCUT2D eigenvalue weighted by Gasteiger charge is 2.03. The number of halogens is 1. The molecule has 58 valence electrons. The third kappa shape index (κ3) is 1.71. The Kier molecular flexibility index (Phi) is 2.15. The van der Waals surface area contributed by atoms with Gasteiger partial charge in [-0.05, 0) is 25.1 Å². The molecule has 0 bridgehead atoms. The van der Waals surface area contributed by atoms with Gasteiger partial charge in [-0.3, -0.25) is 4.79 Å². The number of anilines is 1. The summed E-state index contributed by atoms with van der Waals surface area (Å²) >= 11 is 5.63. The Morgan fingerprint density at radius 1 is 1.55 bits per heavy atom. The van der Waals surface area contributed by atoms with Crippen molar-refractivity contribution in [3.8, 4) is 0 Å². The number of nitrogens with two attached hydrogens (primary N) is 1. The van der Waals surface area contributed by atoms with Crippen molar-refractivity contribution in [2.45, 2.75) is 6.92 Å². The fourth-order valence-corrected chi connectivity index (χ4v) is 1.03. The van der Waals surface area contributed by atoms with Crippen LogP contribution in [0.2, 0.25) is 5.02 Å². The number of carbonyl (C=O) groups excluding carboxylic acids is 1. The van der Waals surface area contributed by atoms with Crippen LogP contribution < -0.4 is 5.73 Å². The SMILES string of the molecule is CC(=O)c1ccc(Cl)cc1N. The van der Waals surface area contributed by atoms with E-state index in [1.54, 1.807) is 18.2 Å². The van der Waals surface area contributed by atoms with Crippen LogP contribution in [0.3, 0.4) is 0 Å². The van der Waals surface area contributed by atoms with Gasteiger partial charge < -0.3 is 5.73 Å². The highest BCUT2D eigenvalue weighted by molar-refractivity contribution is 6.31. The number of Topliss-reactive ketones (excluding diaryl/α,β-unsaturated/α-hetero) is 1. The zero-order chi connectivity index (χ0) is 8.43. The van der Waals surface area contributed by atoms with E-state index in [2.05, 4.69) is 0 Å². The second-order valence-electron chi connectivity index (χ2n) is 2.29.